The van der Waals surface area contributed by atoms with Gasteiger partial charge in [0, 0.05) is 6.54 Å². The van der Waals surface area contributed by atoms with Crippen molar-refractivity contribution in [2.24, 2.45) is 11.8 Å². The molecule has 0 N–H and O–H groups in total. The first-order valence-corrected chi connectivity index (χ1v) is 5.05. The summed E-state index contributed by atoms with van der Waals surface area (Å²) in [7, 11) is 2.27. The van der Waals surface area contributed by atoms with Gasteiger partial charge in [0.15, 0.2) is 0 Å². The molecule has 0 spiro atoms. The van der Waals surface area contributed by atoms with Crippen LogP contribution in [0.2, 0.25) is 0 Å². The first-order valence-electron chi connectivity index (χ1n) is 5.05. The number of nitrogens with zero attached hydrogens (tertiary/aromatic N) is 1. The van der Waals surface area contributed by atoms with Crippen LogP contribution >= 0.6 is 0 Å². The third kappa shape index (κ3) is 1.58. The van der Waals surface area contributed by atoms with Gasteiger partial charge in [0.1, 0.15) is 0 Å². The highest BCUT2D eigenvalue weighted by Crippen LogP contribution is 2.35. The number of piperidine rings is 1. The summed E-state index contributed by atoms with van der Waals surface area (Å²) in [4.78, 5) is 2.51. The van der Waals surface area contributed by atoms with Crippen molar-refractivity contribution in [1.82, 2.24) is 4.90 Å². The highest BCUT2D eigenvalue weighted by molar-refractivity contribution is 4.81. The zero-order valence-electron chi connectivity index (χ0n) is 7.55. The molecule has 0 aromatic heterocycles. The van der Waals surface area contributed by atoms with Crippen LogP contribution in [-0.2, 0) is 0 Å². The van der Waals surface area contributed by atoms with Crippen LogP contribution < -0.4 is 0 Å². The van der Waals surface area contributed by atoms with Crippen molar-refractivity contribution < 1.29 is 0 Å². The standard InChI is InChI=1S/C10H19N/c1-11-7-6-9-4-2-3-5-10(9)8-11/h9-10H,2-8H2,1H3/t9-,10?/m0/s1. The maximum absolute atomic E-state index is 2.51. The fraction of sp³-hybridized carbons (Fsp3) is 1.00. The first kappa shape index (κ1) is 7.60. The van der Waals surface area contributed by atoms with Gasteiger partial charge in [-0.2, -0.15) is 0 Å². The Morgan fingerprint density at radius 3 is 2.55 bits per heavy atom. The highest BCUT2D eigenvalue weighted by Gasteiger charge is 2.29. The van der Waals surface area contributed by atoms with Crippen molar-refractivity contribution in [3.05, 3.63) is 0 Å². The second-order valence-corrected chi connectivity index (χ2v) is 4.36. The third-order valence-electron chi connectivity index (χ3n) is 3.49. The molecule has 0 aromatic rings. The van der Waals surface area contributed by atoms with Crippen LogP contribution in [0.3, 0.4) is 0 Å². The SMILES string of the molecule is CN1CC[C@@H]2CCCCC2C1. The van der Waals surface area contributed by atoms with Crippen molar-refractivity contribution in [1.29, 1.82) is 0 Å². The van der Waals surface area contributed by atoms with Crippen LogP contribution in [0.4, 0.5) is 0 Å². The van der Waals surface area contributed by atoms with Gasteiger partial charge in [-0.25, -0.2) is 0 Å². The van der Waals surface area contributed by atoms with Gasteiger partial charge >= 0.3 is 0 Å². The highest BCUT2D eigenvalue weighted by atomic mass is 15.1. The maximum atomic E-state index is 2.51. The molecular weight excluding hydrogens is 134 g/mol. The topological polar surface area (TPSA) is 3.24 Å². The molecule has 0 bridgehead atoms. The number of rotatable bonds is 0. The quantitative estimate of drug-likeness (QED) is 0.515. The summed E-state index contributed by atoms with van der Waals surface area (Å²) in [6.07, 6.45) is 7.51. The number of fused-ring (bicyclic) bond motifs is 1. The van der Waals surface area contributed by atoms with Gasteiger partial charge in [0.2, 0.25) is 0 Å². The molecule has 1 saturated carbocycles. The molecule has 2 fully saturated rings. The molecule has 0 amide bonds. The molecule has 64 valence electrons. The second kappa shape index (κ2) is 3.14. The molecule has 1 unspecified atom stereocenters. The molecule has 2 aliphatic rings. The van der Waals surface area contributed by atoms with E-state index in [0.717, 1.165) is 11.8 Å². The lowest BCUT2D eigenvalue weighted by Gasteiger charge is -2.39. The first-order chi connectivity index (χ1) is 5.36. The van der Waals surface area contributed by atoms with Gasteiger partial charge in [-0.3, -0.25) is 0 Å². The molecule has 2 rings (SSSR count). The van der Waals surface area contributed by atoms with Gasteiger partial charge in [0.25, 0.3) is 0 Å². The number of hydrogen-bond acceptors (Lipinski definition) is 1. The lowest BCUT2D eigenvalue weighted by Crippen LogP contribution is -2.39. The van der Waals surface area contributed by atoms with Gasteiger partial charge in [-0.05, 0) is 38.3 Å². The Bertz CT molecular complexity index is 133. The molecule has 1 aliphatic heterocycles. The molecule has 1 aliphatic carbocycles. The zero-order chi connectivity index (χ0) is 7.68. The zero-order valence-corrected chi connectivity index (χ0v) is 7.55. The Kier molecular flexibility index (Phi) is 2.17. The Morgan fingerprint density at radius 1 is 1.00 bits per heavy atom. The van der Waals surface area contributed by atoms with Gasteiger partial charge in [-0.1, -0.05) is 19.3 Å². The Labute approximate surface area is 69.8 Å². The predicted molar refractivity (Wildman–Crippen MR) is 47.6 cm³/mol. The van der Waals surface area contributed by atoms with Crippen molar-refractivity contribution in [2.45, 2.75) is 32.1 Å². The van der Waals surface area contributed by atoms with Gasteiger partial charge in [0.05, 0.1) is 0 Å². The molecule has 1 heteroatoms. The average Bonchev–Trinajstić information content (AvgIpc) is 2.04. The molecule has 1 nitrogen and oxygen atoms in total. The average molecular weight is 153 g/mol. The Morgan fingerprint density at radius 2 is 1.73 bits per heavy atom. The molecule has 2 atom stereocenters. The summed E-state index contributed by atoms with van der Waals surface area (Å²) in [6, 6.07) is 0. The largest absolute Gasteiger partial charge is 0.306 e. The van der Waals surface area contributed by atoms with E-state index in [-0.39, 0.29) is 0 Å². The van der Waals surface area contributed by atoms with Crippen LogP contribution in [-0.4, -0.2) is 25.0 Å². The van der Waals surface area contributed by atoms with E-state index in [4.69, 9.17) is 0 Å². The van der Waals surface area contributed by atoms with E-state index in [1.165, 1.54) is 45.2 Å². The maximum Gasteiger partial charge on any atom is 0.000926 e. The molecule has 11 heavy (non-hydrogen) atoms. The van der Waals surface area contributed by atoms with E-state index in [0.29, 0.717) is 0 Å². The summed E-state index contributed by atoms with van der Waals surface area (Å²) in [5.41, 5.74) is 0. The normalized spacial score (nSPS) is 40.1. The van der Waals surface area contributed by atoms with Crippen LogP contribution in [0, 0.1) is 11.8 Å². The monoisotopic (exact) mass is 153 g/mol. The van der Waals surface area contributed by atoms with E-state index in [1.807, 2.05) is 0 Å². The minimum atomic E-state index is 1.06. The van der Waals surface area contributed by atoms with Crippen molar-refractivity contribution in [2.75, 3.05) is 20.1 Å². The van der Waals surface area contributed by atoms with Crippen LogP contribution in [0.15, 0.2) is 0 Å². The fourth-order valence-electron chi connectivity index (χ4n) is 2.78. The third-order valence-corrected chi connectivity index (χ3v) is 3.49. The van der Waals surface area contributed by atoms with Crippen LogP contribution in [0.5, 0.6) is 0 Å². The molecule has 0 aromatic carbocycles. The van der Waals surface area contributed by atoms with E-state index >= 15 is 0 Å². The lowest BCUT2D eigenvalue weighted by molar-refractivity contribution is 0.105. The predicted octanol–water partition coefficient (Wildman–Crippen LogP) is 2.13. The summed E-state index contributed by atoms with van der Waals surface area (Å²) < 4.78 is 0. The number of hydrogen-bond donors (Lipinski definition) is 0. The van der Waals surface area contributed by atoms with E-state index < -0.39 is 0 Å². The summed E-state index contributed by atoms with van der Waals surface area (Å²) in [6.45, 7) is 2.73. The van der Waals surface area contributed by atoms with Crippen LogP contribution in [0.25, 0.3) is 0 Å². The fourth-order valence-corrected chi connectivity index (χ4v) is 2.78. The van der Waals surface area contributed by atoms with Crippen molar-refractivity contribution in [3.8, 4) is 0 Å². The minimum Gasteiger partial charge on any atom is -0.306 e. The summed E-state index contributed by atoms with van der Waals surface area (Å²) in [5, 5.41) is 0. The lowest BCUT2D eigenvalue weighted by atomic mass is 9.75. The van der Waals surface area contributed by atoms with E-state index in [9.17, 15) is 0 Å². The molecule has 1 saturated heterocycles. The van der Waals surface area contributed by atoms with Crippen molar-refractivity contribution in [3.63, 3.8) is 0 Å². The minimum absolute atomic E-state index is 1.06. The van der Waals surface area contributed by atoms with Crippen LogP contribution in [0.1, 0.15) is 32.1 Å². The Hall–Kier alpha value is -0.0400. The van der Waals surface area contributed by atoms with Gasteiger partial charge < -0.3 is 4.90 Å². The summed E-state index contributed by atoms with van der Waals surface area (Å²) >= 11 is 0. The van der Waals surface area contributed by atoms with E-state index in [1.54, 1.807) is 0 Å². The molecule has 0 radical (unpaired) electrons. The van der Waals surface area contributed by atoms with Crippen molar-refractivity contribution >= 4 is 0 Å². The van der Waals surface area contributed by atoms with Gasteiger partial charge in [-0.15, -0.1) is 0 Å². The van der Waals surface area contributed by atoms with E-state index in [2.05, 4.69) is 11.9 Å². The smallest absolute Gasteiger partial charge is 0.000926 e. The summed E-state index contributed by atoms with van der Waals surface area (Å²) in [5.74, 6) is 2.16. The Balaban J connectivity index is 1.93. The second-order valence-electron chi connectivity index (χ2n) is 4.36. The molecule has 1 heterocycles. The molecular formula is C10H19N. The number of likely N-dealkylation sites (tertiary alicyclic amines) is 1.